The van der Waals surface area contributed by atoms with E-state index in [0.717, 1.165) is 27.9 Å². The van der Waals surface area contributed by atoms with Gasteiger partial charge in [-0.3, -0.25) is 4.79 Å². The van der Waals surface area contributed by atoms with Crippen molar-refractivity contribution in [1.29, 1.82) is 0 Å². The predicted octanol–water partition coefficient (Wildman–Crippen LogP) is 3.57. The third-order valence-electron chi connectivity index (χ3n) is 3.16. The minimum atomic E-state index is 0.0762. The highest BCUT2D eigenvalue weighted by Crippen LogP contribution is 2.35. The first kappa shape index (κ1) is 11.1. The van der Waals surface area contributed by atoms with E-state index in [-0.39, 0.29) is 11.4 Å². The molecule has 0 unspecified atom stereocenters. The number of amides is 1. The second-order valence-corrected chi connectivity index (χ2v) is 6.51. The maximum Gasteiger partial charge on any atom is 0.261 e. The molecule has 1 aromatic heterocycles. The van der Waals surface area contributed by atoms with Crippen molar-refractivity contribution in [2.45, 2.75) is 38.1 Å². The van der Waals surface area contributed by atoms with Gasteiger partial charge in [0.05, 0.1) is 8.66 Å². The fourth-order valence-corrected chi connectivity index (χ4v) is 3.19. The molecular weight excluding hydrogens is 274 g/mol. The molecule has 1 saturated carbocycles. The summed E-state index contributed by atoms with van der Waals surface area (Å²) in [6.07, 6.45) is 4.52. The van der Waals surface area contributed by atoms with Gasteiger partial charge in [0, 0.05) is 5.54 Å². The molecule has 0 bridgehead atoms. The van der Waals surface area contributed by atoms with Crippen LogP contribution in [0.2, 0.25) is 0 Å². The van der Waals surface area contributed by atoms with Gasteiger partial charge in [-0.1, -0.05) is 6.92 Å². The third kappa shape index (κ3) is 2.26. The summed E-state index contributed by atoms with van der Waals surface area (Å²) < 4.78 is 1.01. The van der Waals surface area contributed by atoms with Crippen LogP contribution in [0.4, 0.5) is 0 Å². The van der Waals surface area contributed by atoms with Crippen molar-refractivity contribution in [2.75, 3.05) is 0 Å². The Morgan fingerprint density at radius 1 is 1.60 bits per heavy atom. The van der Waals surface area contributed by atoms with Crippen LogP contribution in [-0.2, 0) is 0 Å². The summed E-state index contributed by atoms with van der Waals surface area (Å²) in [6.45, 7) is 2.14. The lowest BCUT2D eigenvalue weighted by molar-refractivity contribution is 0.0824. The quantitative estimate of drug-likeness (QED) is 0.905. The van der Waals surface area contributed by atoms with Gasteiger partial charge in [-0.05, 0) is 53.7 Å². The lowest BCUT2D eigenvalue weighted by Crippen LogP contribution is -2.52. The van der Waals surface area contributed by atoms with Crippen molar-refractivity contribution in [3.8, 4) is 0 Å². The van der Waals surface area contributed by atoms with Crippen LogP contribution in [0, 0.1) is 0 Å². The number of hydrogen-bond acceptors (Lipinski definition) is 2. The normalized spacial score (nSPS) is 18.3. The highest BCUT2D eigenvalue weighted by atomic mass is 79.9. The van der Waals surface area contributed by atoms with E-state index in [1.165, 1.54) is 17.8 Å². The molecule has 4 heteroatoms. The van der Waals surface area contributed by atoms with Crippen LogP contribution in [0.5, 0.6) is 0 Å². The van der Waals surface area contributed by atoms with Crippen LogP contribution in [0.1, 0.15) is 42.3 Å². The zero-order valence-electron chi connectivity index (χ0n) is 8.68. The summed E-state index contributed by atoms with van der Waals surface area (Å²) in [5, 5.41) is 3.16. The molecule has 2 rings (SSSR count). The fraction of sp³-hybridized carbons (Fsp3) is 0.545. The van der Waals surface area contributed by atoms with Crippen molar-refractivity contribution >= 4 is 33.2 Å². The molecule has 0 radical (unpaired) electrons. The monoisotopic (exact) mass is 287 g/mol. The van der Waals surface area contributed by atoms with Crippen LogP contribution in [0.15, 0.2) is 15.9 Å². The molecular formula is C11H14BrNOS. The number of rotatable bonds is 3. The standard InChI is InChI=1S/C11H14BrNOS/c1-2-11(6-3-7-11)13-10(14)8-4-5-9(12)15-8/h4-5H,2-3,6-7H2,1H3,(H,13,14). The number of thiophene rings is 1. The Balaban J connectivity index is 2.03. The van der Waals surface area contributed by atoms with Gasteiger partial charge < -0.3 is 5.32 Å². The van der Waals surface area contributed by atoms with Gasteiger partial charge in [0.25, 0.3) is 5.91 Å². The minimum absolute atomic E-state index is 0.0762. The van der Waals surface area contributed by atoms with E-state index in [9.17, 15) is 4.79 Å². The molecule has 15 heavy (non-hydrogen) atoms. The molecule has 1 amide bonds. The van der Waals surface area contributed by atoms with Crippen molar-refractivity contribution in [3.05, 3.63) is 20.8 Å². The van der Waals surface area contributed by atoms with Crippen molar-refractivity contribution < 1.29 is 4.79 Å². The van der Waals surface area contributed by atoms with Gasteiger partial charge in [0.15, 0.2) is 0 Å². The molecule has 0 saturated heterocycles. The second kappa shape index (κ2) is 4.26. The number of carbonyl (C=O) groups excluding carboxylic acids is 1. The number of hydrogen-bond donors (Lipinski definition) is 1. The van der Waals surface area contributed by atoms with Gasteiger partial charge in [-0.25, -0.2) is 0 Å². The molecule has 0 atom stereocenters. The molecule has 1 aliphatic carbocycles. The zero-order chi connectivity index (χ0) is 10.9. The van der Waals surface area contributed by atoms with Crippen LogP contribution >= 0.6 is 27.3 Å². The largest absolute Gasteiger partial charge is 0.346 e. The molecule has 1 aromatic rings. The van der Waals surface area contributed by atoms with Crippen molar-refractivity contribution in [3.63, 3.8) is 0 Å². The van der Waals surface area contributed by atoms with E-state index < -0.39 is 0 Å². The summed E-state index contributed by atoms with van der Waals surface area (Å²) >= 11 is 4.85. The lowest BCUT2D eigenvalue weighted by Gasteiger charge is -2.41. The molecule has 2 nitrogen and oxygen atoms in total. The van der Waals surface area contributed by atoms with Crippen LogP contribution < -0.4 is 5.32 Å². The van der Waals surface area contributed by atoms with E-state index >= 15 is 0 Å². The van der Waals surface area contributed by atoms with E-state index in [4.69, 9.17) is 0 Å². The zero-order valence-corrected chi connectivity index (χ0v) is 11.1. The van der Waals surface area contributed by atoms with Gasteiger partial charge in [0.1, 0.15) is 0 Å². The second-order valence-electron chi connectivity index (χ2n) is 4.05. The van der Waals surface area contributed by atoms with E-state index in [0.29, 0.717) is 0 Å². The maximum absolute atomic E-state index is 11.9. The molecule has 1 fully saturated rings. The Hall–Kier alpha value is -0.350. The molecule has 0 spiro atoms. The number of carbonyl (C=O) groups is 1. The van der Waals surface area contributed by atoms with E-state index in [1.54, 1.807) is 0 Å². The first-order chi connectivity index (χ1) is 7.15. The Morgan fingerprint density at radius 2 is 2.33 bits per heavy atom. The van der Waals surface area contributed by atoms with Gasteiger partial charge in [-0.15, -0.1) is 11.3 Å². The fourth-order valence-electron chi connectivity index (χ4n) is 1.91. The molecule has 1 N–H and O–H groups in total. The average molecular weight is 288 g/mol. The molecule has 0 aliphatic heterocycles. The average Bonchev–Trinajstić information content (AvgIpc) is 2.58. The van der Waals surface area contributed by atoms with Crippen LogP contribution in [0.25, 0.3) is 0 Å². The SMILES string of the molecule is CCC1(NC(=O)c2ccc(Br)s2)CCC1. The summed E-state index contributed by atoms with van der Waals surface area (Å²) in [5.74, 6) is 0.0762. The highest BCUT2D eigenvalue weighted by Gasteiger charge is 2.36. The van der Waals surface area contributed by atoms with Gasteiger partial charge in [-0.2, -0.15) is 0 Å². The van der Waals surface area contributed by atoms with Gasteiger partial charge >= 0.3 is 0 Å². The van der Waals surface area contributed by atoms with Crippen molar-refractivity contribution in [1.82, 2.24) is 5.32 Å². The Morgan fingerprint density at radius 3 is 2.73 bits per heavy atom. The van der Waals surface area contributed by atoms with Crippen LogP contribution in [-0.4, -0.2) is 11.4 Å². The maximum atomic E-state index is 11.9. The first-order valence-electron chi connectivity index (χ1n) is 5.23. The van der Waals surface area contributed by atoms with E-state index in [2.05, 4.69) is 28.2 Å². The van der Waals surface area contributed by atoms with Crippen LogP contribution in [0.3, 0.4) is 0 Å². The smallest absolute Gasteiger partial charge is 0.261 e. The van der Waals surface area contributed by atoms with Crippen molar-refractivity contribution in [2.24, 2.45) is 0 Å². The topological polar surface area (TPSA) is 29.1 Å². The first-order valence-corrected chi connectivity index (χ1v) is 6.84. The minimum Gasteiger partial charge on any atom is -0.346 e. The molecule has 1 heterocycles. The Kier molecular flexibility index (Phi) is 3.16. The number of halogens is 1. The summed E-state index contributed by atoms with van der Waals surface area (Å²) in [7, 11) is 0. The summed E-state index contributed by atoms with van der Waals surface area (Å²) in [5.41, 5.74) is 0.0908. The van der Waals surface area contributed by atoms with Gasteiger partial charge in [0.2, 0.25) is 0 Å². The summed E-state index contributed by atoms with van der Waals surface area (Å²) in [4.78, 5) is 12.7. The van der Waals surface area contributed by atoms with E-state index in [1.807, 2.05) is 12.1 Å². The Labute approximate surface area is 102 Å². The highest BCUT2D eigenvalue weighted by molar-refractivity contribution is 9.11. The number of nitrogens with one attached hydrogen (secondary N) is 1. The Bertz CT molecular complexity index is 365. The third-order valence-corrected chi connectivity index (χ3v) is 4.79. The molecule has 1 aliphatic rings. The predicted molar refractivity (Wildman–Crippen MR) is 66.4 cm³/mol. The summed E-state index contributed by atoms with van der Waals surface area (Å²) in [6, 6.07) is 3.78. The lowest BCUT2D eigenvalue weighted by atomic mass is 9.75. The molecule has 82 valence electrons. The molecule has 0 aromatic carbocycles.